The standard InChI is InChI=1S/C9H12BrN3O.C8H10BrN3O.3CH4/c1-13-3-6(4-13)8-7(10)9(14-2)12-5-11-8;1-13-8-6(9)7(11-4-12-8)5-2-10-3-5;;;/h5-6H,3-4H2,1-2H3;4-5,10H,2-3H2,1H3;3*1H4. The highest BCUT2D eigenvalue weighted by Crippen LogP contribution is 2.33. The lowest BCUT2D eigenvalue weighted by Crippen LogP contribution is -2.42. The first-order valence-corrected chi connectivity index (χ1v) is 10.1. The van der Waals surface area contributed by atoms with Crippen LogP contribution in [-0.2, 0) is 0 Å². The summed E-state index contributed by atoms with van der Waals surface area (Å²) in [5, 5.41) is 3.20. The second-order valence-electron chi connectivity index (χ2n) is 6.44. The highest BCUT2D eigenvalue weighted by Gasteiger charge is 2.29. The molecule has 170 valence electrons. The molecular weight excluding hydrogens is 516 g/mol. The SMILES string of the molecule is C.C.C.COc1ncnc(C2CN(C)C2)c1Br.COc1ncnc(C2CNC2)c1Br. The molecule has 2 aliphatic heterocycles. The van der Waals surface area contributed by atoms with Crippen molar-refractivity contribution < 1.29 is 9.47 Å². The number of ether oxygens (including phenoxy) is 2. The van der Waals surface area contributed by atoms with E-state index >= 15 is 0 Å². The monoisotopic (exact) mass is 548 g/mol. The van der Waals surface area contributed by atoms with Crippen LogP contribution in [-0.4, -0.2) is 72.3 Å². The Morgan fingerprint density at radius 1 is 0.833 bits per heavy atom. The lowest BCUT2D eigenvalue weighted by molar-refractivity contribution is 0.185. The summed E-state index contributed by atoms with van der Waals surface area (Å²) in [4.78, 5) is 18.8. The van der Waals surface area contributed by atoms with Gasteiger partial charge < -0.3 is 19.7 Å². The van der Waals surface area contributed by atoms with Crippen molar-refractivity contribution in [3.8, 4) is 11.8 Å². The third kappa shape index (κ3) is 6.32. The fourth-order valence-corrected chi connectivity index (χ4v) is 4.32. The molecule has 0 saturated carbocycles. The zero-order valence-corrected chi connectivity index (χ0v) is 18.6. The van der Waals surface area contributed by atoms with Gasteiger partial charge in [-0.25, -0.2) is 19.9 Å². The highest BCUT2D eigenvalue weighted by molar-refractivity contribution is 9.11. The predicted octanol–water partition coefficient (Wildman–Crippen LogP) is 4.12. The van der Waals surface area contributed by atoms with Crippen molar-refractivity contribution in [1.29, 1.82) is 0 Å². The Morgan fingerprint density at radius 2 is 1.27 bits per heavy atom. The van der Waals surface area contributed by atoms with E-state index in [1.807, 2.05) is 0 Å². The highest BCUT2D eigenvalue weighted by atomic mass is 79.9. The Bertz CT molecular complexity index is 786. The van der Waals surface area contributed by atoms with Gasteiger partial charge in [-0.05, 0) is 38.9 Å². The van der Waals surface area contributed by atoms with Gasteiger partial charge in [0.05, 0.1) is 25.6 Å². The van der Waals surface area contributed by atoms with Crippen molar-refractivity contribution >= 4 is 31.9 Å². The van der Waals surface area contributed by atoms with Gasteiger partial charge in [0.15, 0.2) is 0 Å². The summed E-state index contributed by atoms with van der Waals surface area (Å²) in [6.45, 7) is 4.08. The maximum Gasteiger partial charge on any atom is 0.231 e. The third-order valence-electron chi connectivity index (χ3n) is 4.57. The van der Waals surface area contributed by atoms with Gasteiger partial charge in [0.1, 0.15) is 21.6 Å². The van der Waals surface area contributed by atoms with Gasteiger partial charge in [0, 0.05) is 38.0 Å². The molecule has 2 fully saturated rings. The molecule has 1 N–H and O–H groups in total. The van der Waals surface area contributed by atoms with Crippen molar-refractivity contribution in [3.63, 3.8) is 0 Å². The van der Waals surface area contributed by atoms with Crippen LogP contribution in [0.25, 0.3) is 0 Å². The average Bonchev–Trinajstić information content (AvgIpc) is 2.60. The zero-order valence-electron chi connectivity index (χ0n) is 15.4. The van der Waals surface area contributed by atoms with E-state index in [2.05, 4.69) is 69.1 Å². The number of nitrogens with zero attached hydrogens (tertiary/aromatic N) is 5. The number of rotatable bonds is 4. The van der Waals surface area contributed by atoms with Crippen LogP contribution in [0.3, 0.4) is 0 Å². The largest absolute Gasteiger partial charge is 0.480 e. The smallest absolute Gasteiger partial charge is 0.231 e. The van der Waals surface area contributed by atoms with Crippen LogP contribution in [0.1, 0.15) is 45.5 Å². The summed E-state index contributed by atoms with van der Waals surface area (Å²) in [6.07, 6.45) is 3.09. The Labute approximate surface area is 197 Å². The molecule has 0 radical (unpaired) electrons. The molecule has 30 heavy (non-hydrogen) atoms. The first-order chi connectivity index (χ1) is 13.0. The minimum absolute atomic E-state index is 0. The molecule has 0 spiro atoms. The maximum absolute atomic E-state index is 5.12. The molecule has 2 saturated heterocycles. The van der Waals surface area contributed by atoms with Gasteiger partial charge >= 0.3 is 0 Å². The molecule has 2 aromatic rings. The van der Waals surface area contributed by atoms with E-state index in [0.717, 1.165) is 46.5 Å². The second-order valence-corrected chi connectivity index (χ2v) is 8.02. The number of hydrogen-bond donors (Lipinski definition) is 1. The predicted molar refractivity (Wildman–Crippen MR) is 129 cm³/mol. The van der Waals surface area contributed by atoms with Gasteiger partial charge in [-0.2, -0.15) is 0 Å². The Morgan fingerprint density at radius 3 is 1.60 bits per heavy atom. The van der Waals surface area contributed by atoms with Crippen molar-refractivity contribution in [2.24, 2.45) is 0 Å². The number of likely N-dealkylation sites (tertiary alicyclic amines) is 1. The molecule has 0 atom stereocenters. The van der Waals surface area contributed by atoms with Crippen LogP contribution in [0.5, 0.6) is 11.8 Å². The third-order valence-corrected chi connectivity index (χ3v) is 6.07. The van der Waals surface area contributed by atoms with Gasteiger partial charge in [0.2, 0.25) is 11.8 Å². The van der Waals surface area contributed by atoms with E-state index in [1.165, 1.54) is 6.33 Å². The van der Waals surface area contributed by atoms with Gasteiger partial charge in [-0.15, -0.1) is 0 Å². The minimum Gasteiger partial charge on any atom is -0.480 e. The first kappa shape index (κ1) is 28.6. The van der Waals surface area contributed by atoms with E-state index in [4.69, 9.17) is 9.47 Å². The quantitative estimate of drug-likeness (QED) is 0.609. The van der Waals surface area contributed by atoms with Gasteiger partial charge in [0.25, 0.3) is 0 Å². The van der Waals surface area contributed by atoms with E-state index in [-0.39, 0.29) is 22.3 Å². The molecule has 0 amide bonds. The molecule has 0 aromatic carbocycles. The zero-order chi connectivity index (χ0) is 19.4. The Hall–Kier alpha value is -1.36. The number of halogens is 2. The topological polar surface area (TPSA) is 85.3 Å². The van der Waals surface area contributed by atoms with Crippen LogP contribution in [0.15, 0.2) is 21.6 Å². The molecule has 2 aliphatic rings. The maximum atomic E-state index is 5.12. The average molecular weight is 550 g/mol. The lowest BCUT2D eigenvalue weighted by Gasteiger charge is -2.36. The van der Waals surface area contributed by atoms with E-state index in [0.29, 0.717) is 23.6 Å². The van der Waals surface area contributed by atoms with E-state index in [1.54, 1.807) is 20.5 Å². The molecule has 0 unspecified atom stereocenters. The molecule has 2 aromatic heterocycles. The van der Waals surface area contributed by atoms with Crippen LogP contribution in [0.4, 0.5) is 0 Å². The number of hydrogen-bond acceptors (Lipinski definition) is 8. The summed E-state index contributed by atoms with van der Waals surface area (Å²) in [5.74, 6) is 2.22. The van der Waals surface area contributed by atoms with E-state index in [9.17, 15) is 0 Å². The van der Waals surface area contributed by atoms with E-state index < -0.39 is 0 Å². The normalized spacial score (nSPS) is 15.6. The van der Waals surface area contributed by atoms with Crippen LogP contribution >= 0.6 is 31.9 Å². The molecule has 0 aliphatic carbocycles. The minimum atomic E-state index is 0. The number of likely N-dealkylation sites (N-methyl/N-ethyl adjacent to an activating group) is 1. The van der Waals surface area contributed by atoms with Crippen LogP contribution in [0.2, 0.25) is 0 Å². The molecule has 4 rings (SSSR count). The molecule has 10 heteroatoms. The second kappa shape index (κ2) is 13.1. The van der Waals surface area contributed by atoms with Crippen molar-refractivity contribution in [1.82, 2.24) is 30.2 Å². The Balaban J connectivity index is 0.000000511. The van der Waals surface area contributed by atoms with Gasteiger partial charge in [-0.3, -0.25) is 0 Å². The van der Waals surface area contributed by atoms with Crippen LogP contribution < -0.4 is 14.8 Å². The fraction of sp³-hybridized carbons (Fsp3) is 0.600. The van der Waals surface area contributed by atoms with Crippen molar-refractivity contribution in [3.05, 3.63) is 33.0 Å². The lowest BCUT2D eigenvalue weighted by atomic mass is 9.97. The number of aromatic nitrogens is 4. The Kier molecular flexibility index (Phi) is 12.5. The van der Waals surface area contributed by atoms with Crippen molar-refractivity contribution in [2.75, 3.05) is 47.4 Å². The van der Waals surface area contributed by atoms with Crippen LogP contribution in [0, 0.1) is 0 Å². The summed E-state index contributed by atoms with van der Waals surface area (Å²) >= 11 is 6.91. The molecule has 4 heterocycles. The number of nitrogens with one attached hydrogen (secondary N) is 1. The molecular formula is C20H34Br2N6O2. The van der Waals surface area contributed by atoms with Crippen molar-refractivity contribution in [2.45, 2.75) is 34.1 Å². The molecule has 8 nitrogen and oxygen atoms in total. The fourth-order valence-electron chi connectivity index (χ4n) is 2.94. The number of methoxy groups -OCH3 is 2. The summed E-state index contributed by atoms with van der Waals surface area (Å²) in [5.41, 5.74) is 2.08. The van der Waals surface area contributed by atoms with Gasteiger partial charge in [-0.1, -0.05) is 22.3 Å². The molecule has 0 bridgehead atoms. The summed E-state index contributed by atoms with van der Waals surface area (Å²) < 4.78 is 12.0. The summed E-state index contributed by atoms with van der Waals surface area (Å²) in [6, 6.07) is 0. The first-order valence-electron chi connectivity index (χ1n) is 8.53. The summed E-state index contributed by atoms with van der Waals surface area (Å²) in [7, 11) is 5.32.